The average Bonchev–Trinajstić information content (AvgIpc) is 2.22. The molecule has 0 spiro atoms. The summed E-state index contributed by atoms with van der Waals surface area (Å²) in [5.74, 6) is 0.423. The molecule has 1 saturated heterocycles. The molecule has 1 aliphatic rings. The summed E-state index contributed by atoms with van der Waals surface area (Å²) in [5, 5.41) is 12.2. The topological polar surface area (TPSA) is 92.4 Å². The Bertz CT molecular complexity index is 302. The summed E-state index contributed by atoms with van der Waals surface area (Å²) in [4.78, 5) is 0. The van der Waals surface area contributed by atoms with Gasteiger partial charge in [0.25, 0.3) is 0 Å². The van der Waals surface area contributed by atoms with Crippen molar-refractivity contribution in [1.82, 2.24) is 5.32 Å². The Labute approximate surface area is 97.3 Å². The lowest BCUT2D eigenvalue weighted by Gasteiger charge is -2.39. The van der Waals surface area contributed by atoms with Crippen LogP contribution in [0.25, 0.3) is 0 Å². The molecule has 5 nitrogen and oxygen atoms in total. The quantitative estimate of drug-likeness (QED) is 0.597. The smallest absolute Gasteiger partial charge is 0.150 e. The van der Waals surface area contributed by atoms with E-state index in [1.807, 2.05) is 6.92 Å². The van der Waals surface area contributed by atoms with Gasteiger partial charge in [-0.3, -0.25) is 0 Å². The fourth-order valence-corrected chi connectivity index (χ4v) is 3.73. The minimum atomic E-state index is -2.86. The van der Waals surface area contributed by atoms with Crippen molar-refractivity contribution in [2.75, 3.05) is 24.7 Å². The fourth-order valence-electron chi connectivity index (χ4n) is 2.12. The molecule has 6 heteroatoms. The number of sulfone groups is 1. The van der Waals surface area contributed by atoms with E-state index in [0.29, 0.717) is 25.8 Å². The van der Waals surface area contributed by atoms with E-state index in [4.69, 9.17) is 10.8 Å². The first-order valence-corrected chi connectivity index (χ1v) is 7.54. The molecular formula is C10H22N2O3S. The fraction of sp³-hybridized carbons (Fsp3) is 1.00. The van der Waals surface area contributed by atoms with Gasteiger partial charge < -0.3 is 16.2 Å². The van der Waals surface area contributed by atoms with Gasteiger partial charge in [-0.15, -0.1) is 0 Å². The molecule has 96 valence electrons. The molecule has 0 aromatic rings. The van der Waals surface area contributed by atoms with Crippen LogP contribution < -0.4 is 11.1 Å². The van der Waals surface area contributed by atoms with Crippen LogP contribution in [-0.2, 0) is 9.84 Å². The minimum Gasteiger partial charge on any atom is -0.396 e. The van der Waals surface area contributed by atoms with Crippen LogP contribution in [0.3, 0.4) is 0 Å². The summed E-state index contributed by atoms with van der Waals surface area (Å²) >= 11 is 0. The lowest BCUT2D eigenvalue weighted by atomic mass is 9.91. The van der Waals surface area contributed by atoms with Crippen LogP contribution in [0.15, 0.2) is 0 Å². The minimum absolute atomic E-state index is 0.132. The number of aliphatic hydroxyl groups is 1. The van der Waals surface area contributed by atoms with Gasteiger partial charge in [-0.05, 0) is 26.2 Å². The van der Waals surface area contributed by atoms with E-state index in [0.717, 1.165) is 0 Å². The molecule has 0 saturated carbocycles. The van der Waals surface area contributed by atoms with E-state index in [1.54, 1.807) is 0 Å². The Hall–Kier alpha value is -0.170. The first kappa shape index (κ1) is 13.9. The van der Waals surface area contributed by atoms with Crippen molar-refractivity contribution >= 4 is 9.84 Å². The maximum absolute atomic E-state index is 11.4. The second-order valence-electron chi connectivity index (χ2n) is 4.69. The van der Waals surface area contributed by atoms with E-state index in [2.05, 4.69) is 5.32 Å². The van der Waals surface area contributed by atoms with Gasteiger partial charge in [0.05, 0.1) is 11.5 Å². The second-order valence-corrected chi connectivity index (χ2v) is 7.00. The lowest BCUT2D eigenvalue weighted by Crippen LogP contribution is -2.58. The number of nitrogens with two attached hydrogens (primary N) is 1. The van der Waals surface area contributed by atoms with Crippen molar-refractivity contribution in [1.29, 1.82) is 0 Å². The number of hydrogen-bond acceptors (Lipinski definition) is 5. The van der Waals surface area contributed by atoms with E-state index in [1.165, 1.54) is 0 Å². The zero-order valence-corrected chi connectivity index (χ0v) is 10.6. The standard InChI is InChI=1S/C10H22N2O3S/c1-9(2-5-13)12-10(8-11)3-6-16(14,15)7-4-10/h9,12-13H,2-8,11H2,1H3. The first-order valence-electron chi connectivity index (χ1n) is 5.72. The van der Waals surface area contributed by atoms with E-state index in [-0.39, 0.29) is 29.7 Å². The molecule has 1 rings (SSSR count). The van der Waals surface area contributed by atoms with E-state index < -0.39 is 9.84 Å². The maximum atomic E-state index is 11.4. The number of hydrogen-bond donors (Lipinski definition) is 3. The molecule has 0 aliphatic carbocycles. The zero-order chi connectivity index (χ0) is 12.2. The van der Waals surface area contributed by atoms with Crippen molar-refractivity contribution in [3.8, 4) is 0 Å². The Morgan fingerprint density at radius 3 is 2.44 bits per heavy atom. The largest absolute Gasteiger partial charge is 0.396 e. The molecule has 0 aromatic carbocycles. The molecule has 0 aromatic heterocycles. The van der Waals surface area contributed by atoms with Crippen LogP contribution in [0.5, 0.6) is 0 Å². The monoisotopic (exact) mass is 250 g/mol. The predicted molar refractivity (Wildman–Crippen MR) is 64.0 cm³/mol. The summed E-state index contributed by atoms with van der Waals surface area (Å²) in [6.07, 6.45) is 1.80. The van der Waals surface area contributed by atoms with Crippen LogP contribution in [0, 0.1) is 0 Å². The van der Waals surface area contributed by atoms with Crippen LogP contribution in [0.1, 0.15) is 26.2 Å². The summed E-state index contributed by atoms with van der Waals surface area (Å²) in [7, 11) is -2.86. The molecule has 0 bridgehead atoms. The van der Waals surface area contributed by atoms with Gasteiger partial charge in [0, 0.05) is 24.7 Å². The molecule has 1 heterocycles. The molecule has 1 unspecified atom stereocenters. The van der Waals surface area contributed by atoms with E-state index in [9.17, 15) is 8.42 Å². The van der Waals surface area contributed by atoms with Gasteiger partial charge in [-0.1, -0.05) is 0 Å². The highest BCUT2D eigenvalue weighted by atomic mass is 32.2. The maximum Gasteiger partial charge on any atom is 0.150 e. The Morgan fingerprint density at radius 2 is 2.00 bits per heavy atom. The third kappa shape index (κ3) is 3.69. The Morgan fingerprint density at radius 1 is 1.44 bits per heavy atom. The Balaban J connectivity index is 2.59. The summed E-state index contributed by atoms with van der Waals surface area (Å²) in [6.45, 7) is 2.56. The summed E-state index contributed by atoms with van der Waals surface area (Å²) < 4.78 is 22.7. The average molecular weight is 250 g/mol. The molecule has 4 N–H and O–H groups in total. The lowest BCUT2D eigenvalue weighted by molar-refractivity contribution is 0.226. The first-order chi connectivity index (χ1) is 7.43. The zero-order valence-electron chi connectivity index (χ0n) is 9.78. The van der Waals surface area contributed by atoms with Crippen LogP contribution in [-0.4, -0.2) is 49.8 Å². The summed E-state index contributed by atoms with van der Waals surface area (Å²) in [5.41, 5.74) is 5.49. The van der Waals surface area contributed by atoms with Crippen LogP contribution in [0.2, 0.25) is 0 Å². The molecular weight excluding hydrogens is 228 g/mol. The van der Waals surface area contributed by atoms with Crippen molar-refractivity contribution < 1.29 is 13.5 Å². The highest BCUT2D eigenvalue weighted by Gasteiger charge is 2.36. The SMILES string of the molecule is CC(CCO)NC1(CN)CCS(=O)(=O)CC1. The van der Waals surface area contributed by atoms with Crippen molar-refractivity contribution in [3.05, 3.63) is 0 Å². The Kier molecular flexibility index (Phi) is 4.73. The second kappa shape index (κ2) is 5.44. The van der Waals surface area contributed by atoms with Crippen molar-refractivity contribution in [2.45, 2.75) is 37.8 Å². The van der Waals surface area contributed by atoms with Gasteiger partial charge in [-0.25, -0.2) is 8.42 Å². The van der Waals surface area contributed by atoms with Gasteiger partial charge in [-0.2, -0.15) is 0 Å². The molecule has 1 fully saturated rings. The number of aliphatic hydroxyl groups excluding tert-OH is 1. The predicted octanol–water partition coefficient (Wildman–Crippen LogP) is -0.747. The van der Waals surface area contributed by atoms with Crippen molar-refractivity contribution in [2.24, 2.45) is 5.73 Å². The van der Waals surface area contributed by atoms with Crippen LogP contribution >= 0.6 is 0 Å². The molecule has 16 heavy (non-hydrogen) atoms. The number of rotatable bonds is 5. The third-order valence-corrected chi connectivity index (χ3v) is 4.94. The van der Waals surface area contributed by atoms with Gasteiger partial charge in [0.2, 0.25) is 0 Å². The van der Waals surface area contributed by atoms with Gasteiger partial charge >= 0.3 is 0 Å². The molecule has 0 radical (unpaired) electrons. The summed E-state index contributed by atoms with van der Waals surface area (Å²) in [6, 6.07) is 0.161. The third-order valence-electron chi connectivity index (χ3n) is 3.29. The molecule has 0 amide bonds. The normalized spacial score (nSPS) is 25.2. The highest BCUT2D eigenvalue weighted by molar-refractivity contribution is 7.91. The molecule has 1 atom stereocenters. The van der Waals surface area contributed by atoms with Crippen molar-refractivity contribution in [3.63, 3.8) is 0 Å². The molecule has 1 aliphatic heterocycles. The highest BCUT2D eigenvalue weighted by Crippen LogP contribution is 2.23. The van der Waals surface area contributed by atoms with Crippen LogP contribution in [0.4, 0.5) is 0 Å². The van der Waals surface area contributed by atoms with E-state index >= 15 is 0 Å². The van der Waals surface area contributed by atoms with Gasteiger partial charge in [0.1, 0.15) is 9.84 Å². The van der Waals surface area contributed by atoms with Gasteiger partial charge in [0.15, 0.2) is 0 Å². The number of nitrogens with one attached hydrogen (secondary N) is 1.